The van der Waals surface area contributed by atoms with Crippen LogP contribution >= 0.6 is 11.6 Å². The van der Waals surface area contributed by atoms with Gasteiger partial charge in [0, 0.05) is 11.6 Å². The molecule has 0 spiro atoms. The largest absolute Gasteiger partial charge is 0.496 e. The summed E-state index contributed by atoms with van der Waals surface area (Å²) in [6, 6.07) is 7.01. The van der Waals surface area contributed by atoms with Gasteiger partial charge in [0.1, 0.15) is 5.75 Å². The molecule has 0 fully saturated rings. The Kier molecular flexibility index (Phi) is 4.69. The van der Waals surface area contributed by atoms with Crippen LogP contribution < -0.4 is 10.1 Å². The van der Waals surface area contributed by atoms with E-state index >= 15 is 0 Å². The molecule has 1 amide bonds. The summed E-state index contributed by atoms with van der Waals surface area (Å²) in [6.07, 6.45) is 2.11. The Morgan fingerprint density at radius 2 is 2.25 bits per heavy atom. The van der Waals surface area contributed by atoms with Gasteiger partial charge < -0.3 is 14.5 Å². The number of hydrogen-bond acceptors (Lipinski definition) is 3. The van der Waals surface area contributed by atoms with Crippen molar-refractivity contribution in [3.63, 3.8) is 0 Å². The molecule has 0 aliphatic heterocycles. The van der Waals surface area contributed by atoms with Crippen LogP contribution in [0.5, 0.6) is 5.75 Å². The first-order valence-electron chi connectivity index (χ1n) is 6.26. The van der Waals surface area contributed by atoms with Gasteiger partial charge in [0.05, 0.1) is 13.4 Å². The standard InChI is InChI=1S/C15H16ClNO3/c1-10-8-12(16)9-11(14(10)19-2)5-6-17-15(18)13-4-3-7-20-13/h3-4,7-9H,5-6H2,1-2H3,(H,17,18). The summed E-state index contributed by atoms with van der Waals surface area (Å²) >= 11 is 6.04. The number of rotatable bonds is 5. The Balaban J connectivity index is 1.99. The van der Waals surface area contributed by atoms with Gasteiger partial charge in [-0.2, -0.15) is 0 Å². The third-order valence-electron chi connectivity index (χ3n) is 2.95. The molecule has 106 valence electrons. The summed E-state index contributed by atoms with van der Waals surface area (Å²) in [4.78, 5) is 11.7. The normalized spacial score (nSPS) is 10.3. The minimum absolute atomic E-state index is 0.229. The average molecular weight is 294 g/mol. The van der Waals surface area contributed by atoms with E-state index in [4.69, 9.17) is 20.8 Å². The van der Waals surface area contributed by atoms with Crippen molar-refractivity contribution in [2.24, 2.45) is 0 Å². The van der Waals surface area contributed by atoms with Crippen molar-refractivity contribution in [1.29, 1.82) is 0 Å². The van der Waals surface area contributed by atoms with Crippen molar-refractivity contribution in [2.45, 2.75) is 13.3 Å². The van der Waals surface area contributed by atoms with Crippen LogP contribution in [0.2, 0.25) is 5.02 Å². The lowest BCUT2D eigenvalue weighted by Crippen LogP contribution is -2.25. The van der Waals surface area contributed by atoms with Crippen LogP contribution in [0.25, 0.3) is 0 Å². The van der Waals surface area contributed by atoms with E-state index < -0.39 is 0 Å². The Bertz CT molecular complexity index is 593. The molecule has 0 bridgehead atoms. The summed E-state index contributed by atoms with van der Waals surface area (Å²) in [5, 5.41) is 3.46. The van der Waals surface area contributed by atoms with Gasteiger partial charge in [0.2, 0.25) is 0 Å². The van der Waals surface area contributed by atoms with Crippen LogP contribution in [0.4, 0.5) is 0 Å². The van der Waals surface area contributed by atoms with Crippen molar-refractivity contribution in [3.8, 4) is 5.75 Å². The third-order valence-corrected chi connectivity index (χ3v) is 3.16. The molecule has 0 atom stereocenters. The van der Waals surface area contributed by atoms with E-state index in [1.54, 1.807) is 19.2 Å². The van der Waals surface area contributed by atoms with Crippen LogP contribution in [0.1, 0.15) is 21.7 Å². The first-order chi connectivity index (χ1) is 9.61. The molecule has 0 aliphatic rings. The van der Waals surface area contributed by atoms with Crippen molar-refractivity contribution in [1.82, 2.24) is 5.32 Å². The Labute approximate surface area is 122 Å². The van der Waals surface area contributed by atoms with E-state index in [1.807, 2.05) is 19.1 Å². The fourth-order valence-electron chi connectivity index (χ4n) is 2.08. The second kappa shape index (κ2) is 6.48. The van der Waals surface area contributed by atoms with E-state index in [9.17, 15) is 4.79 Å². The number of aryl methyl sites for hydroxylation is 1. The minimum atomic E-state index is -0.229. The smallest absolute Gasteiger partial charge is 0.286 e. The molecule has 20 heavy (non-hydrogen) atoms. The summed E-state index contributed by atoms with van der Waals surface area (Å²) < 4.78 is 10.4. The number of carbonyl (C=O) groups is 1. The molecule has 0 saturated heterocycles. The number of hydrogen-bond donors (Lipinski definition) is 1. The molecule has 1 aromatic carbocycles. The number of carbonyl (C=O) groups excluding carboxylic acids is 1. The maximum absolute atomic E-state index is 11.7. The zero-order valence-electron chi connectivity index (χ0n) is 11.4. The number of halogens is 1. The predicted octanol–water partition coefficient (Wildman–Crippen LogP) is 3.22. The van der Waals surface area contributed by atoms with Gasteiger partial charge in [0.15, 0.2) is 5.76 Å². The second-order valence-electron chi connectivity index (χ2n) is 4.40. The highest BCUT2D eigenvalue weighted by Crippen LogP contribution is 2.27. The Hall–Kier alpha value is -1.94. The molecule has 0 aliphatic carbocycles. The van der Waals surface area contributed by atoms with Gasteiger partial charge in [-0.3, -0.25) is 4.79 Å². The maximum Gasteiger partial charge on any atom is 0.286 e. The fourth-order valence-corrected chi connectivity index (χ4v) is 2.38. The molecule has 0 saturated carbocycles. The van der Waals surface area contributed by atoms with E-state index in [0.717, 1.165) is 16.9 Å². The zero-order valence-corrected chi connectivity index (χ0v) is 12.2. The number of methoxy groups -OCH3 is 1. The molecular formula is C15H16ClNO3. The fraction of sp³-hybridized carbons (Fsp3) is 0.267. The SMILES string of the molecule is COc1c(C)cc(Cl)cc1CCNC(=O)c1ccco1. The number of furan rings is 1. The summed E-state index contributed by atoms with van der Waals surface area (Å²) in [5.74, 6) is 0.883. The third kappa shape index (κ3) is 3.33. The molecule has 1 N–H and O–H groups in total. The van der Waals surface area contributed by atoms with Crippen LogP contribution in [-0.4, -0.2) is 19.6 Å². The number of nitrogens with one attached hydrogen (secondary N) is 1. The van der Waals surface area contributed by atoms with Crippen LogP contribution in [0.15, 0.2) is 34.9 Å². The van der Waals surface area contributed by atoms with E-state index in [2.05, 4.69) is 5.32 Å². The number of amides is 1. The zero-order chi connectivity index (χ0) is 14.5. The molecular weight excluding hydrogens is 278 g/mol. The number of benzene rings is 1. The first kappa shape index (κ1) is 14.5. The van der Waals surface area contributed by atoms with Crippen molar-refractivity contribution >= 4 is 17.5 Å². The minimum Gasteiger partial charge on any atom is -0.496 e. The highest BCUT2D eigenvalue weighted by molar-refractivity contribution is 6.30. The highest BCUT2D eigenvalue weighted by atomic mass is 35.5. The lowest BCUT2D eigenvalue weighted by atomic mass is 10.1. The molecule has 2 rings (SSSR count). The van der Waals surface area contributed by atoms with Crippen LogP contribution in [0.3, 0.4) is 0 Å². The van der Waals surface area contributed by atoms with Gasteiger partial charge in [-0.25, -0.2) is 0 Å². The maximum atomic E-state index is 11.7. The molecule has 1 aromatic heterocycles. The molecule has 5 heteroatoms. The number of ether oxygens (including phenoxy) is 1. The van der Waals surface area contributed by atoms with Gasteiger partial charge in [0.25, 0.3) is 5.91 Å². The van der Waals surface area contributed by atoms with E-state index in [1.165, 1.54) is 6.26 Å². The van der Waals surface area contributed by atoms with E-state index in [0.29, 0.717) is 23.7 Å². The summed E-state index contributed by atoms with van der Waals surface area (Å²) in [7, 11) is 1.63. The lowest BCUT2D eigenvalue weighted by Gasteiger charge is -2.12. The highest BCUT2D eigenvalue weighted by Gasteiger charge is 2.10. The van der Waals surface area contributed by atoms with E-state index in [-0.39, 0.29) is 5.91 Å². The van der Waals surface area contributed by atoms with Gasteiger partial charge in [-0.1, -0.05) is 11.6 Å². The van der Waals surface area contributed by atoms with Crippen molar-refractivity contribution in [2.75, 3.05) is 13.7 Å². The van der Waals surface area contributed by atoms with Crippen LogP contribution in [0, 0.1) is 6.92 Å². The Morgan fingerprint density at radius 1 is 1.45 bits per heavy atom. The molecule has 2 aromatic rings. The summed E-state index contributed by atoms with van der Waals surface area (Å²) in [5.41, 5.74) is 1.95. The monoisotopic (exact) mass is 293 g/mol. The van der Waals surface area contributed by atoms with Gasteiger partial charge in [-0.15, -0.1) is 0 Å². The predicted molar refractivity (Wildman–Crippen MR) is 77.5 cm³/mol. The Morgan fingerprint density at radius 3 is 2.90 bits per heavy atom. The van der Waals surface area contributed by atoms with Crippen LogP contribution in [-0.2, 0) is 6.42 Å². The molecule has 0 unspecified atom stereocenters. The van der Waals surface area contributed by atoms with Crippen molar-refractivity contribution in [3.05, 3.63) is 52.4 Å². The average Bonchev–Trinajstić information content (AvgIpc) is 2.92. The van der Waals surface area contributed by atoms with Crippen molar-refractivity contribution < 1.29 is 13.9 Å². The quantitative estimate of drug-likeness (QED) is 0.921. The molecule has 1 heterocycles. The molecule has 4 nitrogen and oxygen atoms in total. The topological polar surface area (TPSA) is 51.5 Å². The van der Waals surface area contributed by atoms with Gasteiger partial charge in [-0.05, 0) is 48.7 Å². The molecule has 0 radical (unpaired) electrons. The summed E-state index contributed by atoms with van der Waals surface area (Å²) in [6.45, 7) is 2.42. The first-order valence-corrected chi connectivity index (χ1v) is 6.64. The second-order valence-corrected chi connectivity index (χ2v) is 4.83. The van der Waals surface area contributed by atoms with Gasteiger partial charge >= 0.3 is 0 Å². The lowest BCUT2D eigenvalue weighted by molar-refractivity contribution is 0.0926.